The Kier molecular flexibility index (Phi) is 6.34. The zero-order valence-corrected chi connectivity index (χ0v) is 14.5. The molecular weight excluding hydrogens is 399 g/mol. The van der Waals surface area contributed by atoms with Gasteiger partial charge in [-0.05, 0) is 24.3 Å². The number of aliphatic hydroxyl groups excluding tert-OH is 2. The topological polar surface area (TPSA) is 95.9 Å². The van der Waals surface area contributed by atoms with Crippen molar-refractivity contribution in [1.82, 2.24) is 0 Å². The molecule has 2 aromatic rings. The lowest BCUT2D eigenvalue weighted by atomic mass is 10.1. The molecule has 0 radical (unpaired) electrons. The fraction of sp³-hybridized carbons (Fsp3) is 0.200. The summed E-state index contributed by atoms with van der Waals surface area (Å²) >= 11 is 5.72. The molecule has 142 valence electrons. The Balaban J connectivity index is 2.46. The summed E-state index contributed by atoms with van der Waals surface area (Å²) in [5.74, 6) is -4.42. The van der Waals surface area contributed by atoms with E-state index in [2.05, 4.69) is 0 Å². The molecule has 0 fully saturated rings. The van der Waals surface area contributed by atoms with Crippen molar-refractivity contribution in [3.63, 3.8) is 0 Å². The molecule has 11 heteroatoms. The lowest BCUT2D eigenvalue weighted by Gasteiger charge is -2.17. The van der Waals surface area contributed by atoms with Gasteiger partial charge < -0.3 is 14.9 Å². The first kappa shape index (κ1) is 20.3. The largest absolute Gasteiger partial charge is 0.457 e. The fourth-order valence-corrected chi connectivity index (χ4v) is 2.93. The molecule has 0 saturated heterocycles. The zero-order valence-electron chi connectivity index (χ0n) is 12.9. The molecule has 6 nitrogen and oxygen atoms in total. The summed E-state index contributed by atoms with van der Waals surface area (Å²) in [4.78, 5) is 0. The Labute approximate surface area is 151 Å². The minimum Gasteiger partial charge on any atom is -0.457 e. The molecule has 0 unspecified atom stereocenters. The van der Waals surface area contributed by atoms with E-state index >= 15 is 0 Å². The van der Waals surface area contributed by atoms with E-state index in [1.807, 2.05) is 0 Å². The number of benzene rings is 2. The smallest absolute Gasteiger partial charge is 0.355 e. The van der Waals surface area contributed by atoms with Crippen molar-refractivity contribution in [2.75, 3.05) is 4.72 Å². The van der Waals surface area contributed by atoms with Crippen LogP contribution in [0.4, 0.5) is 18.9 Å². The van der Waals surface area contributed by atoms with E-state index in [4.69, 9.17) is 16.3 Å². The maximum atomic E-state index is 13.4. The average Bonchev–Trinajstić information content (AvgIpc) is 2.54. The molecule has 2 aromatic carbocycles. The van der Waals surface area contributed by atoms with Crippen molar-refractivity contribution < 1.29 is 36.5 Å². The molecule has 0 aliphatic carbocycles. The summed E-state index contributed by atoms with van der Waals surface area (Å²) in [6, 6.07) is 5.59. The van der Waals surface area contributed by atoms with Gasteiger partial charge in [0.1, 0.15) is 17.3 Å². The van der Waals surface area contributed by atoms with E-state index in [0.29, 0.717) is 0 Å². The predicted octanol–water partition coefficient (Wildman–Crippen LogP) is 3.22. The van der Waals surface area contributed by atoms with Gasteiger partial charge in [0.05, 0.1) is 18.9 Å². The third kappa shape index (κ3) is 4.58. The number of nitrogens with one attached hydrogen (secondary N) is 1. The maximum absolute atomic E-state index is 13.4. The number of sulfonamides is 1. The van der Waals surface area contributed by atoms with Crippen molar-refractivity contribution in [3.8, 4) is 11.5 Å². The van der Waals surface area contributed by atoms with Gasteiger partial charge in [-0.3, -0.25) is 4.72 Å². The highest BCUT2D eigenvalue weighted by Gasteiger charge is 2.26. The molecule has 0 bridgehead atoms. The molecule has 0 atom stereocenters. The molecule has 0 heterocycles. The lowest BCUT2D eigenvalue weighted by molar-refractivity contribution is 0.236. The molecule has 0 aromatic heterocycles. The number of alkyl halides is 2. The summed E-state index contributed by atoms with van der Waals surface area (Å²) in [5.41, 5.74) is -0.583. The predicted molar refractivity (Wildman–Crippen MR) is 88.3 cm³/mol. The highest BCUT2D eigenvalue weighted by atomic mass is 35.5. The molecule has 2 rings (SSSR count). The van der Waals surface area contributed by atoms with Gasteiger partial charge in [0.2, 0.25) is 0 Å². The number of anilines is 1. The third-order valence-electron chi connectivity index (χ3n) is 3.26. The molecule has 26 heavy (non-hydrogen) atoms. The van der Waals surface area contributed by atoms with Gasteiger partial charge >= 0.3 is 5.76 Å². The van der Waals surface area contributed by atoms with Crippen LogP contribution in [0, 0.1) is 5.82 Å². The standard InChI is InChI=1S/C15H13ClF3NO5S/c16-8-3-9(17)5-10(4-8)25-14-2-1-13(11(6-21)12(14)7-22)20-26(23,24)15(18)19/h1-5,15,20-22H,6-7H2. The van der Waals surface area contributed by atoms with Crippen molar-refractivity contribution in [2.24, 2.45) is 0 Å². The first-order valence-electron chi connectivity index (χ1n) is 6.98. The fourth-order valence-electron chi connectivity index (χ4n) is 2.13. The van der Waals surface area contributed by atoms with Gasteiger partial charge in [-0.15, -0.1) is 0 Å². The number of ether oxygens (including phenoxy) is 1. The molecular formula is C15H13ClF3NO5S. The van der Waals surface area contributed by atoms with Gasteiger partial charge in [0, 0.05) is 22.2 Å². The number of rotatable bonds is 7. The Morgan fingerprint density at radius 1 is 1.12 bits per heavy atom. The Morgan fingerprint density at radius 3 is 2.31 bits per heavy atom. The van der Waals surface area contributed by atoms with Crippen molar-refractivity contribution in [3.05, 3.63) is 52.3 Å². The third-order valence-corrected chi connectivity index (χ3v) is 4.45. The second-order valence-electron chi connectivity index (χ2n) is 5.00. The summed E-state index contributed by atoms with van der Waals surface area (Å²) < 4.78 is 68.1. The molecule has 0 aliphatic heterocycles. The Morgan fingerprint density at radius 2 is 1.77 bits per heavy atom. The van der Waals surface area contributed by atoms with Crippen LogP contribution in [0.1, 0.15) is 11.1 Å². The lowest BCUT2D eigenvalue weighted by Crippen LogP contribution is -2.21. The van der Waals surface area contributed by atoms with Crippen LogP contribution in [-0.2, 0) is 23.2 Å². The molecule has 0 spiro atoms. The van der Waals surface area contributed by atoms with E-state index in [0.717, 1.165) is 18.2 Å². The van der Waals surface area contributed by atoms with Crippen molar-refractivity contribution in [1.29, 1.82) is 0 Å². The quantitative estimate of drug-likeness (QED) is 0.650. The van der Waals surface area contributed by atoms with E-state index in [1.165, 1.54) is 12.1 Å². The Hall–Kier alpha value is -2.01. The highest BCUT2D eigenvalue weighted by molar-refractivity contribution is 7.93. The highest BCUT2D eigenvalue weighted by Crippen LogP contribution is 2.34. The van der Waals surface area contributed by atoms with Crippen LogP contribution < -0.4 is 9.46 Å². The Bertz CT molecular complexity index is 888. The molecule has 0 amide bonds. The summed E-state index contributed by atoms with van der Waals surface area (Å²) in [6.07, 6.45) is 0. The monoisotopic (exact) mass is 411 g/mol. The second kappa shape index (κ2) is 8.12. The number of hydrogen-bond donors (Lipinski definition) is 3. The molecule has 3 N–H and O–H groups in total. The van der Waals surface area contributed by atoms with Gasteiger partial charge in [-0.25, -0.2) is 12.8 Å². The van der Waals surface area contributed by atoms with Crippen molar-refractivity contribution >= 4 is 27.3 Å². The van der Waals surface area contributed by atoms with Crippen LogP contribution in [0.3, 0.4) is 0 Å². The minimum absolute atomic E-state index is 0.0190. The van der Waals surface area contributed by atoms with Gasteiger partial charge in [-0.1, -0.05) is 11.6 Å². The number of halogens is 4. The second-order valence-corrected chi connectivity index (χ2v) is 7.09. The molecule has 0 saturated carbocycles. The number of aliphatic hydroxyl groups is 2. The van der Waals surface area contributed by atoms with Crippen LogP contribution in [0.15, 0.2) is 30.3 Å². The van der Waals surface area contributed by atoms with Crippen LogP contribution in [-0.4, -0.2) is 24.4 Å². The first-order chi connectivity index (χ1) is 12.2. The average molecular weight is 412 g/mol. The zero-order chi connectivity index (χ0) is 19.5. The maximum Gasteiger partial charge on any atom is 0.355 e. The van der Waals surface area contributed by atoms with Gasteiger partial charge in [-0.2, -0.15) is 8.78 Å². The normalized spacial score (nSPS) is 11.7. The van der Waals surface area contributed by atoms with Crippen LogP contribution in [0.2, 0.25) is 5.02 Å². The van der Waals surface area contributed by atoms with E-state index in [-0.39, 0.29) is 33.3 Å². The van der Waals surface area contributed by atoms with Gasteiger partial charge in [0.15, 0.2) is 0 Å². The minimum atomic E-state index is -4.98. The van der Waals surface area contributed by atoms with E-state index < -0.39 is 34.8 Å². The van der Waals surface area contributed by atoms with Crippen molar-refractivity contribution in [2.45, 2.75) is 19.0 Å². The van der Waals surface area contributed by atoms with Gasteiger partial charge in [0.25, 0.3) is 10.0 Å². The number of hydrogen-bond acceptors (Lipinski definition) is 5. The first-order valence-corrected chi connectivity index (χ1v) is 8.90. The van der Waals surface area contributed by atoms with E-state index in [1.54, 1.807) is 4.72 Å². The van der Waals surface area contributed by atoms with Crippen LogP contribution >= 0.6 is 11.6 Å². The molecule has 0 aliphatic rings. The summed E-state index contributed by atoms with van der Waals surface area (Å²) in [6.45, 7) is -1.49. The summed E-state index contributed by atoms with van der Waals surface area (Å²) in [7, 11) is -4.98. The summed E-state index contributed by atoms with van der Waals surface area (Å²) in [5, 5.41) is 19.1. The SMILES string of the molecule is O=S(=O)(Nc1ccc(Oc2cc(F)cc(Cl)c2)c(CO)c1CO)C(F)F. The van der Waals surface area contributed by atoms with Crippen LogP contribution in [0.25, 0.3) is 0 Å². The van der Waals surface area contributed by atoms with Crippen LogP contribution in [0.5, 0.6) is 11.5 Å². The van der Waals surface area contributed by atoms with E-state index in [9.17, 15) is 31.8 Å².